The predicted molar refractivity (Wildman–Crippen MR) is 259 cm³/mol. The van der Waals surface area contributed by atoms with Crippen LogP contribution in [0.4, 0.5) is 11.4 Å². The Morgan fingerprint density at radius 3 is 2.08 bits per heavy atom. The van der Waals surface area contributed by atoms with Crippen molar-refractivity contribution in [2.24, 2.45) is 5.92 Å². The highest BCUT2D eigenvalue weighted by atomic mass is 16.3. The molecular formula is C59H49NO. The third-order valence-electron chi connectivity index (χ3n) is 13.5. The highest BCUT2D eigenvalue weighted by Gasteiger charge is 2.46. The lowest BCUT2D eigenvalue weighted by atomic mass is 9.70. The van der Waals surface area contributed by atoms with Gasteiger partial charge < -0.3 is 9.73 Å². The summed E-state index contributed by atoms with van der Waals surface area (Å²) in [7, 11) is 0. The van der Waals surface area contributed by atoms with E-state index in [0.29, 0.717) is 5.92 Å². The molecule has 1 unspecified atom stereocenters. The molecule has 0 aliphatic heterocycles. The highest BCUT2D eigenvalue weighted by Crippen LogP contribution is 2.59. The van der Waals surface area contributed by atoms with Crippen LogP contribution in [-0.2, 0) is 10.8 Å². The maximum Gasteiger partial charge on any atom is 0.135 e. The second kappa shape index (κ2) is 14.1. The third kappa shape index (κ3) is 6.32. The summed E-state index contributed by atoms with van der Waals surface area (Å²) in [6, 6.07) is 64.5. The minimum absolute atomic E-state index is 0.0369. The quantitative estimate of drug-likeness (QED) is 0.182. The van der Waals surface area contributed by atoms with Gasteiger partial charge in [0.15, 0.2) is 0 Å². The molecule has 0 saturated heterocycles. The molecule has 0 amide bonds. The Bertz CT molecular complexity index is 3250. The van der Waals surface area contributed by atoms with E-state index in [1.54, 1.807) is 0 Å². The van der Waals surface area contributed by atoms with Crippen LogP contribution in [0.3, 0.4) is 0 Å². The van der Waals surface area contributed by atoms with Crippen LogP contribution < -0.4 is 5.32 Å². The second-order valence-corrected chi connectivity index (χ2v) is 18.6. The van der Waals surface area contributed by atoms with Gasteiger partial charge >= 0.3 is 0 Å². The Morgan fingerprint density at radius 2 is 1.23 bits per heavy atom. The molecule has 1 atom stereocenters. The average Bonchev–Trinajstić information content (AvgIpc) is 3.77. The van der Waals surface area contributed by atoms with Gasteiger partial charge in [-0.05, 0) is 144 Å². The van der Waals surface area contributed by atoms with Crippen LogP contribution in [-0.4, -0.2) is 0 Å². The first-order valence-corrected chi connectivity index (χ1v) is 21.7. The standard InChI is InChI=1S/C59H49NO/c1-58(2,3)44-26-29-48-52(36-44)59(4,5)51-31-30-46(43-16-12-15-40(34-43)42-25-32-55-50(35-42)47-17-9-11-20-54(47)61-55)56(57(48)51)49-18-8-10-19-53(49)60-45-27-23-38(24-28-45)41-22-21-37-13-6-7-14-39(37)33-41/h6-30,32-36,51,60H,31H2,1-5H3. The van der Waals surface area contributed by atoms with E-state index in [2.05, 4.69) is 210 Å². The summed E-state index contributed by atoms with van der Waals surface area (Å²) in [6.07, 6.45) is 3.51. The lowest BCUT2D eigenvalue weighted by molar-refractivity contribution is 0.415. The first kappa shape index (κ1) is 37.1. The summed E-state index contributed by atoms with van der Waals surface area (Å²) < 4.78 is 6.21. The summed E-state index contributed by atoms with van der Waals surface area (Å²) in [4.78, 5) is 0. The zero-order valence-electron chi connectivity index (χ0n) is 35.5. The van der Waals surface area contributed by atoms with E-state index in [9.17, 15) is 0 Å². The molecule has 1 heterocycles. The summed E-state index contributed by atoms with van der Waals surface area (Å²) in [5, 5.41) is 8.70. The van der Waals surface area contributed by atoms with Gasteiger partial charge in [-0.25, -0.2) is 0 Å². The van der Waals surface area contributed by atoms with Crippen LogP contribution in [0.25, 0.3) is 71.7 Å². The van der Waals surface area contributed by atoms with Gasteiger partial charge in [0.2, 0.25) is 0 Å². The van der Waals surface area contributed by atoms with Gasteiger partial charge in [-0.2, -0.15) is 0 Å². The largest absolute Gasteiger partial charge is 0.456 e. The van der Waals surface area contributed by atoms with E-state index in [4.69, 9.17) is 4.42 Å². The van der Waals surface area contributed by atoms with Crippen molar-refractivity contribution in [3.8, 4) is 22.3 Å². The van der Waals surface area contributed by atoms with Gasteiger partial charge in [-0.15, -0.1) is 0 Å². The van der Waals surface area contributed by atoms with Crippen molar-refractivity contribution in [1.82, 2.24) is 0 Å². The fourth-order valence-electron chi connectivity index (χ4n) is 10.1. The molecular weight excluding hydrogens is 739 g/mol. The molecule has 1 N–H and O–H groups in total. The van der Waals surface area contributed by atoms with Crippen molar-refractivity contribution >= 4 is 60.8 Å². The molecule has 11 rings (SSSR count). The number of furan rings is 1. The maximum atomic E-state index is 6.21. The molecule has 0 saturated carbocycles. The summed E-state index contributed by atoms with van der Waals surface area (Å²) in [5.74, 6) is 0.339. The molecule has 0 radical (unpaired) electrons. The van der Waals surface area contributed by atoms with Crippen molar-refractivity contribution < 1.29 is 4.42 Å². The van der Waals surface area contributed by atoms with Crippen LogP contribution in [0.2, 0.25) is 0 Å². The van der Waals surface area contributed by atoms with Crippen molar-refractivity contribution in [3.63, 3.8) is 0 Å². The van der Waals surface area contributed by atoms with Crippen LogP contribution in [0.1, 0.15) is 68.9 Å². The number of nitrogens with one attached hydrogen (secondary N) is 1. The molecule has 2 aliphatic rings. The maximum absolute atomic E-state index is 6.21. The predicted octanol–water partition coefficient (Wildman–Crippen LogP) is 16.4. The molecule has 61 heavy (non-hydrogen) atoms. The Morgan fingerprint density at radius 1 is 0.541 bits per heavy atom. The van der Waals surface area contributed by atoms with Crippen molar-refractivity contribution in [2.45, 2.75) is 51.9 Å². The van der Waals surface area contributed by atoms with Crippen LogP contribution in [0, 0.1) is 5.92 Å². The fourth-order valence-corrected chi connectivity index (χ4v) is 10.1. The van der Waals surface area contributed by atoms with Gasteiger partial charge in [-0.3, -0.25) is 0 Å². The van der Waals surface area contributed by atoms with Gasteiger partial charge in [0.1, 0.15) is 11.2 Å². The number of hydrogen-bond acceptors (Lipinski definition) is 2. The Labute approximate surface area is 358 Å². The van der Waals surface area contributed by atoms with Crippen molar-refractivity contribution in [2.75, 3.05) is 5.32 Å². The Balaban J connectivity index is 1.04. The minimum atomic E-state index is -0.0369. The van der Waals surface area contributed by atoms with Gasteiger partial charge in [-0.1, -0.05) is 168 Å². The van der Waals surface area contributed by atoms with Crippen LogP contribution >= 0.6 is 0 Å². The smallest absolute Gasteiger partial charge is 0.135 e. The molecule has 296 valence electrons. The lowest BCUT2D eigenvalue weighted by Crippen LogP contribution is -2.25. The summed E-state index contributed by atoms with van der Waals surface area (Å²) in [5.41, 5.74) is 19.5. The second-order valence-electron chi connectivity index (χ2n) is 18.6. The zero-order valence-corrected chi connectivity index (χ0v) is 35.5. The van der Waals surface area contributed by atoms with E-state index in [-0.39, 0.29) is 10.8 Å². The first-order valence-electron chi connectivity index (χ1n) is 21.7. The first-order chi connectivity index (χ1) is 29.6. The molecule has 2 nitrogen and oxygen atoms in total. The lowest BCUT2D eigenvalue weighted by Gasteiger charge is -2.33. The van der Waals surface area contributed by atoms with E-state index < -0.39 is 0 Å². The summed E-state index contributed by atoms with van der Waals surface area (Å²) >= 11 is 0. The summed E-state index contributed by atoms with van der Waals surface area (Å²) in [6.45, 7) is 11.9. The van der Waals surface area contributed by atoms with Gasteiger partial charge in [0, 0.05) is 27.7 Å². The molecule has 0 fully saturated rings. The van der Waals surface area contributed by atoms with Crippen LogP contribution in [0.15, 0.2) is 186 Å². The monoisotopic (exact) mass is 787 g/mol. The van der Waals surface area contributed by atoms with E-state index >= 15 is 0 Å². The van der Waals surface area contributed by atoms with Crippen LogP contribution in [0.5, 0.6) is 0 Å². The molecule has 2 aliphatic carbocycles. The molecule has 0 spiro atoms. The molecule has 9 aromatic rings. The average molecular weight is 788 g/mol. The minimum Gasteiger partial charge on any atom is -0.456 e. The number of rotatable bonds is 6. The topological polar surface area (TPSA) is 25.2 Å². The van der Waals surface area contributed by atoms with E-state index in [1.807, 2.05) is 12.1 Å². The van der Waals surface area contributed by atoms with E-state index in [1.165, 1.54) is 77.6 Å². The normalized spacial score (nSPS) is 15.9. The number of hydrogen-bond donors (Lipinski definition) is 1. The Hall–Kier alpha value is -6.90. The van der Waals surface area contributed by atoms with Gasteiger partial charge in [0.05, 0.1) is 0 Å². The van der Waals surface area contributed by atoms with Crippen molar-refractivity contribution in [1.29, 1.82) is 0 Å². The molecule has 0 bridgehead atoms. The third-order valence-corrected chi connectivity index (χ3v) is 13.5. The fraction of sp³-hybridized carbons (Fsp3) is 0.153. The molecule has 8 aromatic carbocycles. The SMILES string of the molecule is CC(C)(C)c1ccc2c(c1)C(C)(C)C1CC=C(c3cccc(-c4ccc5oc6ccccc6c5c4)c3)C(c3ccccc3Nc3ccc(-c4ccc5ccccc5c4)cc3)=C21. The number of fused-ring (bicyclic) bond motifs is 7. The van der Waals surface area contributed by atoms with E-state index in [0.717, 1.165) is 39.7 Å². The zero-order chi connectivity index (χ0) is 41.5. The number of anilines is 2. The molecule has 1 aromatic heterocycles. The number of para-hydroxylation sites is 2. The number of benzene rings is 8. The Kier molecular flexibility index (Phi) is 8.58. The van der Waals surface area contributed by atoms with Gasteiger partial charge in [0.25, 0.3) is 0 Å². The highest BCUT2D eigenvalue weighted by molar-refractivity contribution is 6.19. The molecule has 2 heteroatoms. The number of allylic oxidation sites excluding steroid dienone is 4. The van der Waals surface area contributed by atoms with Crippen molar-refractivity contribution in [3.05, 3.63) is 210 Å².